The molecule has 118 valence electrons. The van der Waals surface area contributed by atoms with Crippen LogP contribution < -0.4 is 5.32 Å². The molecule has 1 aromatic rings. The lowest BCUT2D eigenvalue weighted by Gasteiger charge is -2.12. The molecule has 2 rings (SSSR count). The van der Waals surface area contributed by atoms with Gasteiger partial charge in [-0.05, 0) is 26.7 Å². The first-order valence-electron chi connectivity index (χ1n) is 6.76. The molecule has 1 fully saturated rings. The molecule has 1 aromatic heterocycles. The van der Waals surface area contributed by atoms with Gasteiger partial charge < -0.3 is 10.1 Å². The van der Waals surface area contributed by atoms with Gasteiger partial charge in [0, 0.05) is 29.2 Å². The Labute approximate surface area is 127 Å². The highest BCUT2D eigenvalue weighted by Gasteiger charge is 2.36. The molecule has 0 aromatic carbocycles. The highest BCUT2D eigenvalue weighted by molar-refractivity contribution is 8.13. The number of ether oxygens (including phenoxy) is 1. The van der Waals surface area contributed by atoms with Crippen molar-refractivity contribution >= 4 is 25.6 Å². The Morgan fingerprint density at radius 1 is 1.57 bits per heavy atom. The maximum Gasteiger partial charge on any atom is 0.273 e. The van der Waals surface area contributed by atoms with Gasteiger partial charge in [-0.15, -0.1) is 0 Å². The van der Waals surface area contributed by atoms with Gasteiger partial charge in [0.05, 0.1) is 12.3 Å². The van der Waals surface area contributed by atoms with Gasteiger partial charge in [0.2, 0.25) is 0 Å². The lowest BCUT2D eigenvalue weighted by Crippen LogP contribution is -2.36. The molecule has 9 heteroatoms. The van der Waals surface area contributed by atoms with Crippen molar-refractivity contribution in [1.82, 2.24) is 15.5 Å². The molecule has 1 amide bonds. The Hall–Kier alpha value is -1.12. The first-order valence-corrected chi connectivity index (χ1v) is 9.07. The van der Waals surface area contributed by atoms with Crippen molar-refractivity contribution in [3.8, 4) is 0 Å². The van der Waals surface area contributed by atoms with Crippen molar-refractivity contribution in [2.24, 2.45) is 0 Å². The summed E-state index contributed by atoms with van der Waals surface area (Å²) in [5.41, 5.74) is 0.239. The van der Waals surface area contributed by atoms with E-state index in [0.717, 1.165) is 12.8 Å². The number of aromatic nitrogens is 2. The molecule has 1 heterocycles. The van der Waals surface area contributed by atoms with Gasteiger partial charge in [-0.2, -0.15) is 5.10 Å². The molecule has 1 aliphatic rings. The Kier molecular flexibility index (Phi) is 4.90. The number of carbonyl (C=O) groups is 1. The first-order chi connectivity index (χ1) is 9.84. The predicted octanol–water partition coefficient (Wildman–Crippen LogP) is 1.37. The second kappa shape index (κ2) is 6.33. The summed E-state index contributed by atoms with van der Waals surface area (Å²) in [7, 11) is 1.42. The standard InChI is InChI=1S/C12H18ClN3O4S/c1-3-20-6-7(2)14-12(17)10-11(21(13,18)19)9(15-16-10)8-4-5-8/h7-8H,3-6H2,1-2H3,(H,14,17)(H,15,16). The lowest BCUT2D eigenvalue weighted by molar-refractivity contribution is 0.0864. The van der Waals surface area contributed by atoms with Crippen molar-refractivity contribution in [3.05, 3.63) is 11.4 Å². The van der Waals surface area contributed by atoms with E-state index in [9.17, 15) is 13.2 Å². The van der Waals surface area contributed by atoms with Crippen LogP contribution in [-0.2, 0) is 13.8 Å². The summed E-state index contributed by atoms with van der Waals surface area (Å²) in [6.07, 6.45) is 1.73. The van der Waals surface area contributed by atoms with Crippen LogP contribution in [0.1, 0.15) is 48.8 Å². The van der Waals surface area contributed by atoms with Crippen LogP contribution in [0.25, 0.3) is 0 Å². The fraction of sp³-hybridized carbons (Fsp3) is 0.667. The average molecular weight is 336 g/mol. The molecule has 1 atom stereocenters. The number of hydrogen-bond acceptors (Lipinski definition) is 5. The van der Waals surface area contributed by atoms with E-state index in [1.807, 2.05) is 6.92 Å². The van der Waals surface area contributed by atoms with E-state index in [0.29, 0.717) is 18.9 Å². The van der Waals surface area contributed by atoms with Crippen molar-refractivity contribution < 1.29 is 17.9 Å². The molecule has 0 bridgehead atoms. The van der Waals surface area contributed by atoms with E-state index in [1.54, 1.807) is 6.92 Å². The van der Waals surface area contributed by atoms with Gasteiger partial charge in [0.25, 0.3) is 15.0 Å². The van der Waals surface area contributed by atoms with Gasteiger partial charge in [0.15, 0.2) is 5.69 Å². The molecule has 1 saturated carbocycles. The van der Waals surface area contributed by atoms with Crippen LogP contribution in [0.4, 0.5) is 0 Å². The molecule has 0 saturated heterocycles. The number of aromatic amines is 1. The molecule has 2 N–H and O–H groups in total. The summed E-state index contributed by atoms with van der Waals surface area (Å²) in [6.45, 7) is 4.49. The Balaban J connectivity index is 2.21. The minimum absolute atomic E-state index is 0.0865. The van der Waals surface area contributed by atoms with Crippen molar-refractivity contribution in [3.63, 3.8) is 0 Å². The Morgan fingerprint density at radius 3 is 2.76 bits per heavy atom. The number of H-pyrrole nitrogens is 1. The summed E-state index contributed by atoms with van der Waals surface area (Å²) >= 11 is 0. The summed E-state index contributed by atoms with van der Waals surface area (Å²) in [6, 6.07) is -0.260. The van der Waals surface area contributed by atoms with Crippen LogP contribution in [-0.4, -0.2) is 43.8 Å². The third-order valence-electron chi connectivity index (χ3n) is 3.14. The van der Waals surface area contributed by atoms with Crippen molar-refractivity contribution in [2.75, 3.05) is 13.2 Å². The zero-order valence-corrected chi connectivity index (χ0v) is 13.4. The second-order valence-electron chi connectivity index (χ2n) is 5.06. The van der Waals surface area contributed by atoms with E-state index in [1.165, 1.54) is 0 Å². The van der Waals surface area contributed by atoms with E-state index < -0.39 is 15.0 Å². The number of hydrogen-bond donors (Lipinski definition) is 2. The minimum atomic E-state index is -4.04. The smallest absolute Gasteiger partial charge is 0.273 e. The number of amides is 1. The zero-order chi connectivity index (χ0) is 15.6. The monoisotopic (exact) mass is 335 g/mol. The van der Waals surface area contributed by atoms with Crippen LogP contribution in [0.3, 0.4) is 0 Å². The van der Waals surface area contributed by atoms with Crippen molar-refractivity contribution in [2.45, 2.75) is 43.5 Å². The van der Waals surface area contributed by atoms with E-state index in [-0.39, 0.29) is 22.5 Å². The number of nitrogens with one attached hydrogen (secondary N) is 2. The fourth-order valence-electron chi connectivity index (χ4n) is 2.02. The van der Waals surface area contributed by atoms with Crippen LogP contribution in [0.2, 0.25) is 0 Å². The maximum absolute atomic E-state index is 12.2. The van der Waals surface area contributed by atoms with Crippen LogP contribution >= 0.6 is 10.7 Å². The lowest BCUT2D eigenvalue weighted by atomic mass is 10.2. The molecular weight excluding hydrogens is 318 g/mol. The topological polar surface area (TPSA) is 101 Å². The zero-order valence-electron chi connectivity index (χ0n) is 11.8. The van der Waals surface area contributed by atoms with E-state index >= 15 is 0 Å². The highest BCUT2D eigenvalue weighted by atomic mass is 35.7. The second-order valence-corrected chi connectivity index (χ2v) is 7.56. The third kappa shape index (κ3) is 3.96. The van der Waals surface area contributed by atoms with Gasteiger partial charge >= 0.3 is 0 Å². The number of carbonyl (C=O) groups excluding carboxylic acids is 1. The van der Waals surface area contributed by atoms with Gasteiger partial charge in [-0.1, -0.05) is 0 Å². The molecule has 1 unspecified atom stereocenters. The highest BCUT2D eigenvalue weighted by Crippen LogP contribution is 2.43. The molecule has 0 radical (unpaired) electrons. The van der Waals surface area contributed by atoms with Gasteiger partial charge in [-0.25, -0.2) is 8.42 Å². The van der Waals surface area contributed by atoms with Crippen molar-refractivity contribution in [1.29, 1.82) is 0 Å². The van der Waals surface area contributed by atoms with Crippen LogP contribution in [0.15, 0.2) is 4.90 Å². The maximum atomic E-state index is 12.2. The molecule has 0 aliphatic heterocycles. The summed E-state index contributed by atoms with van der Waals surface area (Å²) < 4.78 is 28.7. The number of halogens is 1. The summed E-state index contributed by atoms with van der Waals surface area (Å²) in [5.74, 6) is -0.493. The molecule has 7 nitrogen and oxygen atoms in total. The quantitative estimate of drug-likeness (QED) is 0.733. The summed E-state index contributed by atoms with van der Waals surface area (Å²) in [4.78, 5) is 12.0. The fourth-order valence-corrected chi connectivity index (χ4v) is 3.34. The van der Waals surface area contributed by atoms with E-state index in [4.69, 9.17) is 15.4 Å². The van der Waals surface area contributed by atoms with Crippen LogP contribution in [0, 0.1) is 0 Å². The van der Waals surface area contributed by atoms with Crippen LogP contribution in [0.5, 0.6) is 0 Å². The minimum Gasteiger partial charge on any atom is -0.380 e. The molecule has 1 aliphatic carbocycles. The first kappa shape index (κ1) is 16.3. The SMILES string of the molecule is CCOCC(C)NC(=O)c1n[nH]c(C2CC2)c1S(=O)(=O)Cl. The molecular formula is C12H18ClN3O4S. The molecule has 21 heavy (non-hydrogen) atoms. The van der Waals surface area contributed by atoms with E-state index in [2.05, 4.69) is 15.5 Å². The predicted molar refractivity (Wildman–Crippen MR) is 77.0 cm³/mol. The van der Waals surface area contributed by atoms with Gasteiger partial charge in [-0.3, -0.25) is 9.89 Å². The number of nitrogens with zero attached hydrogens (tertiary/aromatic N) is 1. The summed E-state index contributed by atoms with van der Waals surface area (Å²) in [5, 5.41) is 9.12. The Morgan fingerprint density at radius 2 is 2.24 bits per heavy atom. The molecule has 0 spiro atoms. The van der Waals surface area contributed by atoms with Gasteiger partial charge in [0.1, 0.15) is 4.90 Å². The third-order valence-corrected chi connectivity index (χ3v) is 4.51. The number of rotatable bonds is 7. The average Bonchev–Trinajstić information content (AvgIpc) is 3.13. The Bertz CT molecular complexity index is 624. The normalized spacial score (nSPS) is 16.7. The largest absolute Gasteiger partial charge is 0.380 e.